The van der Waals surface area contributed by atoms with Crippen LogP contribution in [0.25, 0.3) is 0 Å². The maximum atomic E-state index is 10.6. The minimum absolute atomic E-state index is 0.305. The summed E-state index contributed by atoms with van der Waals surface area (Å²) in [6, 6.07) is 0. The van der Waals surface area contributed by atoms with E-state index in [1.54, 1.807) is 0 Å². The molecule has 0 aliphatic rings. The van der Waals surface area contributed by atoms with Crippen molar-refractivity contribution >= 4 is 11.8 Å². The molecule has 4 N–H and O–H groups in total. The second kappa shape index (κ2) is 7.96. The summed E-state index contributed by atoms with van der Waals surface area (Å²) in [6.45, 7) is 7.49. The van der Waals surface area contributed by atoms with Crippen LogP contribution in [0.15, 0.2) is 25.3 Å². The van der Waals surface area contributed by atoms with Gasteiger partial charge in [0, 0.05) is 13.1 Å². The third-order valence-electron chi connectivity index (χ3n) is 1.17. The Morgan fingerprint density at radius 3 is 1.57 bits per heavy atom. The van der Waals surface area contributed by atoms with E-state index in [0.29, 0.717) is 13.1 Å². The van der Waals surface area contributed by atoms with Gasteiger partial charge in [0.25, 0.3) is 11.8 Å². The highest BCUT2D eigenvalue weighted by molar-refractivity contribution is 5.86. The molecule has 0 fully saturated rings. The largest absolute Gasteiger partial charge is 0.288 e. The summed E-state index contributed by atoms with van der Waals surface area (Å²) in [5, 5.41) is 0. The zero-order chi connectivity index (χ0) is 10.8. The van der Waals surface area contributed by atoms with Gasteiger partial charge in [-0.3, -0.25) is 20.4 Å². The number of hydrogen-bond acceptors (Lipinski definition) is 4. The molecule has 0 aromatic rings. The van der Waals surface area contributed by atoms with Gasteiger partial charge in [-0.05, 0) is 12.2 Å². The lowest BCUT2D eigenvalue weighted by atomic mass is 10.6. The van der Waals surface area contributed by atoms with Crippen LogP contribution < -0.4 is 21.7 Å². The van der Waals surface area contributed by atoms with E-state index in [9.17, 15) is 9.59 Å². The quantitative estimate of drug-likeness (QED) is 0.230. The van der Waals surface area contributed by atoms with Crippen LogP contribution in [-0.2, 0) is 9.59 Å². The Hall–Kier alpha value is -1.66. The molecule has 0 heterocycles. The van der Waals surface area contributed by atoms with Gasteiger partial charge in [0.15, 0.2) is 0 Å². The maximum absolute atomic E-state index is 10.6. The molecule has 6 heteroatoms. The molecule has 14 heavy (non-hydrogen) atoms. The van der Waals surface area contributed by atoms with Gasteiger partial charge in [0.1, 0.15) is 0 Å². The first-order valence-electron chi connectivity index (χ1n) is 4.01. The van der Waals surface area contributed by atoms with E-state index in [4.69, 9.17) is 0 Å². The molecule has 2 amide bonds. The molecule has 0 aliphatic heterocycles. The van der Waals surface area contributed by atoms with Crippen molar-refractivity contribution in [3.63, 3.8) is 0 Å². The third kappa shape index (κ3) is 7.01. The molecule has 0 unspecified atom stereocenters. The van der Waals surface area contributed by atoms with Crippen LogP contribution in [0.1, 0.15) is 0 Å². The van der Waals surface area contributed by atoms with Crippen LogP contribution in [0.4, 0.5) is 0 Å². The van der Waals surface area contributed by atoms with E-state index >= 15 is 0 Å². The number of amides is 2. The van der Waals surface area contributed by atoms with Crippen molar-refractivity contribution in [2.45, 2.75) is 0 Å². The van der Waals surface area contributed by atoms with Gasteiger partial charge >= 0.3 is 0 Å². The lowest BCUT2D eigenvalue weighted by molar-refractivity contribution is -0.118. The number of nitrogens with one attached hydrogen (secondary N) is 4. The van der Waals surface area contributed by atoms with Crippen molar-refractivity contribution in [2.24, 2.45) is 0 Å². The van der Waals surface area contributed by atoms with Gasteiger partial charge in [-0.15, -0.1) is 0 Å². The van der Waals surface area contributed by atoms with E-state index < -0.39 is 0 Å². The minimum atomic E-state index is -0.305. The van der Waals surface area contributed by atoms with Crippen molar-refractivity contribution in [2.75, 3.05) is 13.1 Å². The lowest BCUT2D eigenvalue weighted by Gasteiger charge is -2.06. The topological polar surface area (TPSA) is 82.3 Å². The Morgan fingerprint density at radius 1 is 0.929 bits per heavy atom. The summed E-state index contributed by atoms with van der Waals surface area (Å²) in [5.74, 6) is -0.611. The highest BCUT2D eigenvalue weighted by Gasteiger charge is 1.92. The number of rotatable bonds is 7. The van der Waals surface area contributed by atoms with E-state index in [0.717, 1.165) is 12.2 Å². The maximum Gasteiger partial charge on any atom is 0.257 e. The van der Waals surface area contributed by atoms with Crippen molar-refractivity contribution in [1.82, 2.24) is 21.7 Å². The Morgan fingerprint density at radius 2 is 1.29 bits per heavy atom. The van der Waals surface area contributed by atoms with Gasteiger partial charge in [-0.1, -0.05) is 13.2 Å². The molecule has 0 atom stereocenters. The predicted molar refractivity (Wildman–Crippen MR) is 52.7 cm³/mol. The monoisotopic (exact) mass is 198 g/mol. The van der Waals surface area contributed by atoms with Crippen LogP contribution in [0, 0.1) is 0 Å². The Kier molecular flexibility index (Phi) is 7.02. The van der Waals surface area contributed by atoms with Gasteiger partial charge < -0.3 is 0 Å². The number of hydrazine groups is 2. The summed E-state index contributed by atoms with van der Waals surface area (Å²) in [6.07, 6.45) is 2.31. The smallest absolute Gasteiger partial charge is 0.257 e. The molecule has 0 spiro atoms. The van der Waals surface area contributed by atoms with E-state index in [2.05, 4.69) is 34.9 Å². The SMILES string of the molecule is C=CC(=O)NNCCNNC(=O)C=C. The van der Waals surface area contributed by atoms with Crippen molar-refractivity contribution in [3.05, 3.63) is 25.3 Å². The number of carbonyl (C=O) groups is 2. The Balaban J connectivity index is 3.21. The molecule has 0 bridgehead atoms. The van der Waals surface area contributed by atoms with E-state index in [1.165, 1.54) is 0 Å². The fourth-order valence-electron chi connectivity index (χ4n) is 0.526. The number of hydrogen-bond donors (Lipinski definition) is 4. The lowest BCUT2D eigenvalue weighted by Crippen LogP contribution is -2.44. The van der Waals surface area contributed by atoms with Crippen LogP contribution in [0.2, 0.25) is 0 Å². The van der Waals surface area contributed by atoms with Gasteiger partial charge in [-0.2, -0.15) is 0 Å². The summed E-state index contributed by atoms with van der Waals surface area (Å²) < 4.78 is 0. The molecule has 6 nitrogen and oxygen atoms in total. The zero-order valence-corrected chi connectivity index (χ0v) is 7.80. The van der Waals surface area contributed by atoms with Crippen LogP contribution >= 0.6 is 0 Å². The second-order valence-corrected chi connectivity index (χ2v) is 2.24. The van der Waals surface area contributed by atoms with Crippen molar-refractivity contribution in [1.29, 1.82) is 0 Å². The highest BCUT2D eigenvalue weighted by atomic mass is 16.2. The molecule has 0 radical (unpaired) electrons. The van der Waals surface area contributed by atoms with E-state index in [-0.39, 0.29) is 11.8 Å². The third-order valence-corrected chi connectivity index (χ3v) is 1.17. The average Bonchev–Trinajstić information content (AvgIpc) is 2.22. The fourth-order valence-corrected chi connectivity index (χ4v) is 0.526. The molecule has 0 rings (SSSR count). The molecule has 0 saturated carbocycles. The second-order valence-electron chi connectivity index (χ2n) is 2.24. The normalized spacial score (nSPS) is 8.86. The molecule has 0 aliphatic carbocycles. The van der Waals surface area contributed by atoms with Crippen LogP contribution in [-0.4, -0.2) is 24.9 Å². The molecule has 78 valence electrons. The predicted octanol–water partition coefficient (Wildman–Crippen LogP) is -1.40. The molecular formula is C8H14N4O2. The summed E-state index contributed by atoms with van der Waals surface area (Å²) in [5.41, 5.74) is 9.94. The number of carbonyl (C=O) groups excluding carboxylic acids is 2. The summed E-state index contributed by atoms with van der Waals surface area (Å²) in [7, 11) is 0. The minimum Gasteiger partial charge on any atom is -0.288 e. The first-order chi connectivity index (χ1) is 6.70. The molecule has 0 saturated heterocycles. The zero-order valence-electron chi connectivity index (χ0n) is 7.80. The first kappa shape index (κ1) is 12.3. The van der Waals surface area contributed by atoms with Gasteiger partial charge in [0.2, 0.25) is 0 Å². The Labute approximate surface area is 82.4 Å². The summed E-state index contributed by atoms with van der Waals surface area (Å²) >= 11 is 0. The molecular weight excluding hydrogens is 184 g/mol. The molecule has 0 aromatic carbocycles. The first-order valence-corrected chi connectivity index (χ1v) is 4.01. The standard InChI is InChI=1S/C8H14N4O2/c1-3-7(13)11-9-5-6-10-12-8(14)4-2/h3-4,9-10H,1-2,5-6H2,(H,11,13)(H,12,14). The average molecular weight is 198 g/mol. The van der Waals surface area contributed by atoms with Crippen molar-refractivity contribution in [3.8, 4) is 0 Å². The summed E-state index contributed by atoms with van der Waals surface area (Å²) in [4.78, 5) is 21.2. The van der Waals surface area contributed by atoms with Crippen LogP contribution in [0.3, 0.4) is 0 Å². The van der Waals surface area contributed by atoms with Crippen LogP contribution in [0.5, 0.6) is 0 Å². The van der Waals surface area contributed by atoms with Gasteiger partial charge in [0.05, 0.1) is 0 Å². The molecule has 0 aromatic heterocycles. The van der Waals surface area contributed by atoms with E-state index in [1.807, 2.05) is 0 Å². The van der Waals surface area contributed by atoms with Gasteiger partial charge in [-0.25, -0.2) is 10.9 Å². The Bertz CT molecular complexity index is 203. The fraction of sp³-hybridized carbons (Fsp3) is 0.250. The van der Waals surface area contributed by atoms with Crippen molar-refractivity contribution < 1.29 is 9.59 Å². The highest BCUT2D eigenvalue weighted by Crippen LogP contribution is 1.62.